The summed E-state index contributed by atoms with van der Waals surface area (Å²) in [6, 6.07) is 18.2. The summed E-state index contributed by atoms with van der Waals surface area (Å²) in [5.41, 5.74) is 2.34. The Labute approximate surface area is 167 Å². The number of unbranched alkanes of at least 4 members (excludes halogenated alkanes) is 1. The fourth-order valence-electron chi connectivity index (χ4n) is 4.08. The topological polar surface area (TPSA) is 60.8 Å². The molecule has 0 saturated carbocycles. The molecule has 148 valence electrons. The first-order chi connectivity index (χ1) is 13.6. The van der Waals surface area contributed by atoms with Crippen molar-refractivity contribution in [3.63, 3.8) is 0 Å². The predicted octanol–water partition coefficient (Wildman–Crippen LogP) is 4.81. The second kappa shape index (κ2) is 10.1. The number of phenols is 1. The Bertz CT molecular complexity index is 787. The second-order valence-corrected chi connectivity index (χ2v) is 7.60. The fraction of sp³-hybridized carbons (Fsp3) is 0.375. The maximum atomic E-state index is 10.6. The van der Waals surface area contributed by atoms with Crippen LogP contribution in [0, 0.1) is 5.92 Å². The van der Waals surface area contributed by atoms with Crippen LogP contribution < -0.4 is 0 Å². The van der Waals surface area contributed by atoms with E-state index < -0.39 is 5.97 Å². The number of para-hydroxylation sites is 1. The Kier molecular flexibility index (Phi) is 7.26. The zero-order valence-electron chi connectivity index (χ0n) is 16.2. The van der Waals surface area contributed by atoms with Gasteiger partial charge in [-0.3, -0.25) is 9.69 Å². The lowest BCUT2D eigenvalue weighted by atomic mass is 9.86. The molecular weight excluding hydrogens is 350 g/mol. The molecule has 2 aromatic carbocycles. The molecule has 0 amide bonds. The van der Waals surface area contributed by atoms with Crippen LogP contribution in [0.15, 0.2) is 66.7 Å². The molecule has 2 aromatic rings. The summed E-state index contributed by atoms with van der Waals surface area (Å²) in [5, 5.41) is 19.1. The Morgan fingerprint density at radius 2 is 1.79 bits per heavy atom. The number of benzene rings is 2. The molecule has 0 radical (unpaired) electrons. The minimum Gasteiger partial charge on any atom is -0.508 e. The first-order valence-corrected chi connectivity index (χ1v) is 10.0. The largest absolute Gasteiger partial charge is 0.508 e. The van der Waals surface area contributed by atoms with Crippen LogP contribution in [0.3, 0.4) is 0 Å². The molecule has 3 rings (SSSR count). The number of aromatic hydroxyl groups is 1. The van der Waals surface area contributed by atoms with Gasteiger partial charge in [-0.2, -0.15) is 0 Å². The summed E-state index contributed by atoms with van der Waals surface area (Å²) in [6.07, 6.45) is 6.93. The lowest BCUT2D eigenvalue weighted by Gasteiger charge is -2.18. The summed E-state index contributed by atoms with van der Waals surface area (Å²) in [5.74, 6) is 0.381. The maximum absolute atomic E-state index is 10.6. The molecule has 0 spiro atoms. The van der Waals surface area contributed by atoms with Gasteiger partial charge in [0.25, 0.3) is 0 Å². The number of rotatable bonds is 9. The summed E-state index contributed by atoms with van der Waals surface area (Å²) in [4.78, 5) is 13.1. The lowest BCUT2D eigenvalue weighted by Crippen LogP contribution is -2.20. The van der Waals surface area contributed by atoms with E-state index in [1.807, 2.05) is 24.3 Å². The number of aliphatic carboxylic acids is 1. The SMILES string of the molecule is O=C(O)CCC/C=C\C[C@H]1CN(Cc2ccccc2)C[C@H]1c1ccccc1O. The summed E-state index contributed by atoms with van der Waals surface area (Å²) >= 11 is 0. The van der Waals surface area contributed by atoms with Crippen molar-refractivity contribution in [2.75, 3.05) is 13.1 Å². The maximum Gasteiger partial charge on any atom is 0.303 e. The van der Waals surface area contributed by atoms with Crippen LogP contribution >= 0.6 is 0 Å². The van der Waals surface area contributed by atoms with Crippen LogP contribution in [0.2, 0.25) is 0 Å². The van der Waals surface area contributed by atoms with E-state index >= 15 is 0 Å². The highest BCUT2D eigenvalue weighted by Gasteiger charge is 2.34. The lowest BCUT2D eigenvalue weighted by molar-refractivity contribution is -0.137. The van der Waals surface area contributed by atoms with Crippen molar-refractivity contribution in [2.24, 2.45) is 5.92 Å². The van der Waals surface area contributed by atoms with E-state index in [1.54, 1.807) is 6.07 Å². The van der Waals surface area contributed by atoms with Crippen molar-refractivity contribution in [3.8, 4) is 5.75 Å². The number of hydrogen-bond donors (Lipinski definition) is 2. The number of likely N-dealkylation sites (tertiary alicyclic amines) is 1. The van der Waals surface area contributed by atoms with Crippen LogP contribution in [0.25, 0.3) is 0 Å². The van der Waals surface area contributed by atoms with E-state index in [9.17, 15) is 9.90 Å². The summed E-state index contributed by atoms with van der Waals surface area (Å²) < 4.78 is 0. The zero-order valence-corrected chi connectivity index (χ0v) is 16.2. The van der Waals surface area contributed by atoms with Gasteiger partial charge < -0.3 is 10.2 Å². The fourth-order valence-corrected chi connectivity index (χ4v) is 4.08. The van der Waals surface area contributed by atoms with Crippen LogP contribution in [0.1, 0.15) is 42.7 Å². The molecule has 1 saturated heterocycles. The monoisotopic (exact) mass is 379 g/mol. The van der Waals surface area contributed by atoms with Gasteiger partial charge in [0.2, 0.25) is 0 Å². The van der Waals surface area contributed by atoms with E-state index in [-0.39, 0.29) is 6.42 Å². The van der Waals surface area contributed by atoms with Crippen molar-refractivity contribution in [3.05, 3.63) is 77.9 Å². The molecule has 1 aliphatic heterocycles. The van der Waals surface area contributed by atoms with Gasteiger partial charge in [0.15, 0.2) is 0 Å². The molecule has 2 N–H and O–H groups in total. The van der Waals surface area contributed by atoms with Gasteiger partial charge in [0.1, 0.15) is 5.75 Å². The van der Waals surface area contributed by atoms with Crippen molar-refractivity contribution in [2.45, 2.75) is 38.1 Å². The quantitative estimate of drug-likeness (QED) is 0.485. The Morgan fingerprint density at radius 3 is 2.54 bits per heavy atom. The van der Waals surface area contributed by atoms with E-state index in [0.717, 1.165) is 38.0 Å². The van der Waals surface area contributed by atoms with Crippen molar-refractivity contribution < 1.29 is 15.0 Å². The molecule has 0 bridgehead atoms. The number of carboxylic acid groups (broad SMARTS) is 1. The average molecular weight is 380 g/mol. The minimum absolute atomic E-state index is 0.221. The highest BCUT2D eigenvalue weighted by Crippen LogP contribution is 2.39. The van der Waals surface area contributed by atoms with Crippen LogP contribution in [0.5, 0.6) is 5.75 Å². The van der Waals surface area contributed by atoms with Gasteiger partial charge in [0, 0.05) is 32.0 Å². The molecule has 4 heteroatoms. The number of allylic oxidation sites excluding steroid dienone is 2. The molecule has 1 aliphatic rings. The van der Waals surface area contributed by atoms with Crippen LogP contribution in [-0.4, -0.2) is 34.2 Å². The number of phenolic OH excluding ortho intramolecular Hbond substituents is 1. The molecule has 4 nitrogen and oxygen atoms in total. The van der Waals surface area contributed by atoms with Gasteiger partial charge in [0.05, 0.1) is 0 Å². The van der Waals surface area contributed by atoms with E-state index in [0.29, 0.717) is 24.0 Å². The number of hydrogen-bond acceptors (Lipinski definition) is 3. The van der Waals surface area contributed by atoms with Crippen molar-refractivity contribution >= 4 is 5.97 Å². The van der Waals surface area contributed by atoms with Gasteiger partial charge in [-0.05, 0) is 42.4 Å². The summed E-state index contributed by atoms with van der Waals surface area (Å²) in [6.45, 7) is 2.85. The molecule has 2 atom stereocenters. The molecule has 28 heavy (non-hydrogen) atoms. The van der Waals surface area contributed by atoms with Crippen LogP contribution in [-0.2, 0) is 11.3 Å². The van der Waals surface area contributed by atoms with Gasteiger partial charge >= 0.3 is 5.97 Å². The molecular formula is C24H29NO3. The zero-order chi connectivity index (χ0) is 19.8. The van der Waals surface area contributed by atoms with Crippen molar-refractivity contribution in [1.82, 2.24) is 4.90 Å². The van der Waals surface area contributed by atoms with Gasteiger partial charge in [-0.15, -0.1) is 0 Å². The van der Waals surface area contributed by atoms with Crippen LogP contribution in [0.4, 0.5) is 0 Å². The van der Waals surface area contributed by atoms with E-state index in [2.05, 4.69) is 41.3 Å². The van der Waals surface area contributed by atoms with Gasteiger partial charge in [-0.1, -0.05) is 60.7 Å². The molecule has 1 fully saturated rings. The minimum atomic E-state index is -0.736. The smallest absolute Gasteiger partial charge is 0.303 e. The number of carbonyl (C=O) groups is 1. The third kappa shape index (κ3) is 5.70. The molecule has 0 aromatic heterocycles. The number of carboxylic acids is 1. The highest BCUT2D eigenvalue weighted by atomic mass is 16.4. The average Bonchev–Trinajstić information content (AvgIpc) is 3.08. The second-order valence-electron chi connectivity index (χ2n) is 7.60. The standard InChI is InChI=1S/C24H29NO3/c26-23-14-9-8-13-21(23)22-18-25(16-19-10-4-3-5-11-19)17-20(22)12-6-1-2-7-15-24(27)28/h1,3-6,8-11,13-14,20,22,26H,2,7,12,15-18H2,(H,27,28)/b6-1-/t20-,22+/m0/s1. The molecule has 0 aliphatic carbocycles. The summed E-state index contributed by atoms with van der Waals surface area (Å²) in [7, 11) is 0. The Morgan fingerprint density at radius 1 is 1.04 bits per heavy atom. The van der Waals surface area contributed by atoms with E-state index in [1.165, 1.54) is 5.56 Å². The first kappa shape index (κ1) is 20.2. The molecule has 1 heterocycles. The van der Waals surface area contributed by atoms with Crippen molar-refractivity contribution in [1.29, 1.82) is 0 Å². The normalized spacial score (nSPS) is 20.0. The molecule has 0 unspecified atom stereocenters. The van der Waals surface area contributed by atoms with Gasteiger partial charge in [-0.25, -0.2) is 0 Å². The van der Waals surface area contributed by atoms with E-state index in [4.69, 9.17) is 5.11 Å². The first-order valence-electron chi connectivity index (χ1n) is 10.0. The predicted molar refractivity (Wildman–Crippen MR) is 111 cm³/mol. The third-order valence-corrected chi connectivity index (χ3v) is 5.47. The highest BCUT2D eigenvalue weighted by molar-refractivity contribution is 5.66. The number of nitrogens with zero attached hydrogens (tertiary/aromatic N) is 1. The Balaban J connectivity index is 1.65. The third-order valence-electron chi connectivity index (χ3n) is 5.47. The Hall–Kier alpha value is -2.59.